The number of thiocarbonyl (C=S) groups is 1. The topological polar surface area (TPSA) is 38.1 Å². The number of rotatable bonds is 7. The minimum Gasteiger partial charge on any atom is -0.293 e. The van der Waals surface area contributed by atoms with Crippen molar-refractivity contribution in [3.63, 3.8) is 0 Å². The van der Waals surface area contributed by atoms with E-state index in [9.17, 15) is 9.18 Å². The highest BCUT2D eigenvalue weighted by atomic mass is 32.2. The van der Waals surface area contributed by atoms with Crippen LogP contribution in [0.15, 0.2) is 65.7 Å². The van der Waals surface area contributed by atoms with Gasteiger partial charge in [-0.15, -0.1) is 0 Å². The highest BCUT2D eigenvalue weighted by Crippen LogP contribution is 2.35. The molecule has 1 saturated heterocycles. The number of benzene rings is 2. The molecule has 1 amide bonds. The van der Waals surface area contributed by atoms with Crippen molar-refractivity contribution in [1.29, 1.82) is 0 Å². The summed E-state index contributed by atoms with van der Waals surface area (Å²) in [5, 5.41) is 4.73. The lowest BCUT2D eigenvalue weighted by atomic mass is 10.1. The molecule has 0 atom stereocenters. The van der Waals surface area contributed by atoms with Crippen molar-refractivity contribution >= 4 is 40.3 Å². The first-order valence-corrected chi connectivity index (χ1v) is 11.5. The maximum atomic E-state index is 13.5. The Morgan fingerprint density at radius 2 is 1.84 bits per heavy atom. The molecule has 0 saturated carbocycles. The highest BCUT2D eigenvalue weighted by Gasteiger charge is 2.32. The number of thioether (sulfide) groups is 1. The number of aromatic nitrogens is 2. The van der Waals surface area contributed by atoms with E-state index in [2.05, 4.69) is 6.92 Å². The summed E-state index contributed by atoms with van der Waals surface area (Å²) in [6.07, 6.45) is 6.81. The molecular weight excluding hydrogens is 429 g/mol. The quantitative estimate of drug-likeness (QED) is 0.248. The van der Waals surface area contributed by atoms with Gasteiger partial charge in [0, 0.05) is 23.9 Å². The summed E-state index contributed by atoms with van der Waals surface area (Å²) in [6.45, 7) is 2.77. The van der Waals surface area contributed by atoms with Crippen LogP contribution in [0.1, 0.15) is 31.7 Å². The van der Waals surface area contributed by atoms with E-state index in [4.69, 9.17) is 17.3 Å². The minimum absolute atomic E-state index is 0.0661. The van der Waals surface area contributed by atoms with Crippen LogP contribution in [0.4, 0.5) is 4.39 Å². The van der Waals surface area contributed by atoms with Crippen LogP contribution in [-0.4, -0.2) is 31.5 Å². The number of hydrogen-bond acceptors (Lipinski definition) is 4. The van der Waals surface area contributed by atoms with Crippen molar-refractivity contribution in [2.75, 3.05) is 6.54 Å². The number of amides is 1. The standard InChI is InChI=1S/C24H22FN3OS2/c1-2-3-7-14-27-23(29)21(31-24(27)30)15-18-16-28(20-8-5-4-6-9-20)26-22(18)17-10-12-19(25)13-11-17/h4-6,8-13,15-16H,2-3,7,14H2,1H3. The smallest absolute Gasteiger partial charge is 0.266 e. The van der Waals surface area contributed by atoms with Crippen molar-refractivity contribution < 1.29 is 9.18 Å². The lowest BCUT2D eigenvalue weighted by Gasteiger charge is -2.13. The summed E-state index contributed by atoms with van der Waals surface area (Å²) < 4.78 is 15.8. The van der Waals surface area contributed by atoms with Gasteiger partial charge in [-0.1, -0.05) is 61.9 Å². The molecule has 1 aliphatic rings. The molecule has 0 unspecified atom stereocenters. The van der Waals surface area contributed by atoms with Gasteiger partial charge in [-0.3, -0.25) is 9.69 Å². The van der Waals surface area contributed by atoms with Crippen molar-refractivity contribution in [3.8, 4) is 16.9 Å². The van der Waals surface area contributed by atoms with Crippen LogP contribution >= 0.6 is 24.0 Å². The summed E-state index contributed by atoms with van der Waals surface area (Å²) in [6, 6.07) is 15.9. The maximum absolute atomic E-state index is 13.5. The van der Waals surface area contributed by atoms with Gasteiger partial charge < -0.3 is 0 Å². The summed E-state index contributed by atoms with van der Waals surface area (Å²) >= 11 is 6.77. The molecule has 0 N–H and O–H groups in total. The lowest BCUT2D eigenvalue weighted by molar-refractivity contribution is -0.122. The Hall–Kier alpha value is -2.77. The second-order valence-electron chi connectivity index (χ2n) is 7.26. The highest BCUT2D eigenvalue weighted by molar-refractivity contribution is 8.26. The van der Waals surface area contributed by atoms with Gasteiger partial charge >= 0.3 is 0 Å². The molecule has 1 aromatic heterocycles. The Morgan fingerprint density at radius 1 is 1.10 bits per heavy atom. The third kappa shape index (κ3) is 4.78. The summed E-state index contributed by atoms with van der Waals surface area (Å²) in [4.78, 5) is 15.2. The normalized spacial score (nSPS) is 15.3. The molecular formula is C24H22FN3OS2. The predicted molar refractivity (Wildman–Crippen MR) is 128 cm³/mol. The number of unbranched alkanes of at least 4 members (excludes halogenated alkanes) is 2. The fourth-order valence-corrected chi connectivity index (χ4v) is 4.69. The number of carbonyl (C=O) groups excluding carboxylic acids is 1. The van der Waals surface area contributed by atoms with Gasteiger partial charge in [-0.05, 0) is 48.9 Å². The molecule has 158 valence electrons. The van der Waals surface area contributed by atoms with Crippen LogP contribution in [-0.2, 0) is 4.79 Å². The molecule has 3 aromatic rings. The fraction of sp³-hybridized carbons (Fsp3) is 0.208. The molecule has 0 bridgehead atoms. The summed E-state index contributed by atoms with van der Waals surface area (Å²) in [5.74, 6) is -0.371. The first kappa shape index (κ1) is 21.5. The van der Waals surface area contributed by atoms with Gasteiger partial charge in [0.25, 0.3) is 5.91 Å². The number of nitrogens with zero attached hydrogens (tertiary/aromatic N) is 3. The lowest BCUT2D eigenvalue weighted by Crippen LogP contribution is -2.28. The molecule has 0 spiro atoms. The Morgan fingerprint density at radius 3 is 2.55 bits per heavy atom. The van der Waals surface area contributed by atoms with Gasteiger partial charge in [-0.25, -0.2) is 9.07 Å². The number of para-hydroxylation sites is 1. The van der Waals surface area contributed by atoms with Crippen LogP contribution in [0, 0.1) is 5.82 Å². The molecule has 7 heteroatoms. The van der Waals surface area contributed by atoms with E-state index in [1.165, 1.54) is 23.9 Å². The van der Waals surface area contributed by atoms with Gasteiger partial charge in [-0.2, -0.15) is 5.10 Å². The molecule has 2 heterocycles. The second kappa shape index (κ2) is 9.58. The first-order chi connectivity index (χ1) is 15.1. The van der Waals surface area contributed by atoms with Crippen LogP contribution in [0.5, 0.6) is 0 Å². The van der Waals surface area contributed by atoms with E-state index in [-0.39, 0.29) is 11.7 Å². The zero-order valence-electron chi connectivity index (χ0n) is 17.1. The van der Waals surface area contributed by atoms with Crippen molar-refractivity contribution in [2.24, 2.45) is 0 Å². The molecule has 4 nitrogen and oxygen atoms in total. The van der Waals surface area contributed by atoms with Gasteiger partial charge in [0.1, 0.15) is 10.1 Å². The summed E-state index contributed by atoms with van der Waals surface area (Å²) in [7, 11) is 0. The van der Waals surface area contributed by atoms with Crippen LogP contribution in [0.2, 0.25) is 0 Å². The van der Waals surface area contributed by atoms with Crippen molar-refractivity contribution in [3.05, 3.63) is 77.1 Å². The third-order valence-corrected chi connectivity index (χ3v) is 6.40. The predicted octanol–water partition coefficient (Wildman–Crippen LogP) is 6.07. The molecule has 31 heavy (non-hydrogen) atoms. The molecule has 1 aliphatic heterocycles. The third-order valence-electron chi connectivity index (χ3n) is 5.03. The zero-order valence-corrected chi connectivity index (χ0v) is 18.8. The molecule has 1 fully saturated rings. The Bertz CT molecular complexity index is 1120. The van der Waals surface area contributed by atoms with Crippen molar-refractivity contribution in [2.45, 2.75) is 26.2 Å². The van der Waals surface area contributed by atoms with E-state index in [0.29, 0.717) is 21.5 Å². The Balaban J connectivity index is 1.71. The van der Waals surface area contributed by atoms with E-state index in [1.807, 2.05) is 42.6 Å². The monoisotopic (exact) mass is 451 g/mol. The Kier molecular flexibility index (Phi) is 6.63. The fourth-order valence-electron chi connectivity index (χ4n) is 3.39. The molecule has 2 aromatic carbocycles. The van der Waals surface area contributed by atoms with Crippen LogP contribution in [0.25, 0.3) is 23.0 Å². The SMILES string of the molecule is CCCCCN1C(=O)C(=Cc2cn(-c3ccccc3)nc2-c2ccc(F)cc2)SC1=S. The van der Waals surface area contributed by atoms with E-state index in [0.717, 1.165) is 36.1 Å². The molecule has 0 aliphatic carbocycles. The molecule has 4 rings (SSSR count). The summed E-state index contributed by atoms with van der Waals surface area (Å²) in [5.41, 5.74) is 3.14. The number of hydrogen-bond donors (Lipinski definition) is 0. The van der Waals surface area contributed by atoms with E-state index in [1.54, 1.807) is 21.7 Å². The molecule has 0 radical (unpaired) electrons. The zero-order chi connectivity index (χ0) is 21.8. The largest absolute Gasteiger partial charge is 0.293 e. The Labute approximate surface area is 190 Å². The van der Waals surface area contributed by atoms with E-state index < -0.39 is 0 Å². The first-order valence-electron chi connectivity index (χ1n) is 10.2. The van der Waals surface area contributed by atoms with Crippen LogP contribution < -0.4 is 0 Å². The average molecular weight is 452 g/mol. The minimum atomic E-state index is -0.305. The van der Waals surface area contributed by atoms with Gasteiger partial charge in [0.2, 0.25) is 0 Å². The van der Waals surface area contributed by atoms with Gasteiger partial charge in [0.05, 0.1) is 16.3 Å². The number of halogens is 1. The van der Waals surface area contributed by atoms with Crippen LogP contribution in [0.3, 0.4) is 0 Å². The number of carbonyl (C=O) groups is 1. The van der Waals surface area contributed by atoms with E-state index >= 15 is 0 Å². The second-order valence-corrected chi connectivity index (χ2v) is 8.94. The maximum Gasteiger partial charge on any atom is 0.266 e. The average Bonchev–Trinajstić information content (AvgIpc) is 3.31. The van der Waals surface area contributed by atoms with Gasteiger partial charge in [0.15, 0.2) is 0 Å². The van der Waals surface area contributed by atoms with Crippen molar-refractivity contribution in [1.82, 2.24) is 14.7 Å².